The highest BCUT2D eigenvalue weighted by molar-refractivity contribution is 7.45. The number of hydrogen-bond acceptors (Lipinski definition) is 8. The van der Waals surface area contributed by atoms with E-state index >= 15 is 0 Å². The van der Waals surface area contributed by atoms with Crippen LogP contribution in [0.3, 0.4) is 0 Å². The fraction of sp³-hybridized carbons (Fsp3) is 0.806. The first-order valence-electron chi connectivity index (χ1n) is 30.0. The smallest absolute Gasteiger partial charge is 0.306 e. The zero-order valence-corrected chi connectivity index (χ0v) is 48.5. The van der Waals surface area contributed by atoms with E-state index in [9.17, 15) is 19.0 Å². The summed E-state index contributed by atoms with van der Waals surface area (Å²) in [6, 6.07) is 0. The van der Waals surface area contributed by atoms with Gasteiger partial charge in [0.2, 0.25) is 0 Å². The van der Waals surface area contributed by atoms with Crippen molar-refractivity contribution in [3.05, 3.63) is 60.8 Å². The number of carbonyl (C=O) groups is 2. The van der Waals surface area contributed by atoms with Crippen molar-refractivity contribution in [3.63, 3.8) is 0 Å². The summed E-state index contributed by atoms with van der Waals surface area (Å²) in [5.41, 5.74) is 0. The van der Waals surface area contributed by atoms with Gasteiger partial charge in [-0.2, -0.15) is 0 Å². The van der Waals surface area contributed by atoms with Crippen LogP contribution in [-0.2, 0) is 32.7 Å². The number of phosphoric acid groups is 1. The summed E-state index contributed by atoms with van der Waals surface area (Å²) in [6.07, 6.45) is 68.6. The first-order chi connectivity index (χ1) is 35.0. The second-order valence-electron chi connectivity index (χ2n) is 21.3. The van der Waals surface area contributed by atoms with Crippen LogP contribution in [0.25, 0.3) is 0 Å². The van der Waals surface area contributed by atoms with Gasteiger partial charge in [0, 0.05) is 12.8 Å². The summed E-state index contributed by atoms with van der Waals surface area (Å²) in [5, 5.41) is 0. The van der Waals surface area contributed by atoms with E-state index < -0.39 is 26.5 Å². The van der Waals surface area contributed by atoms with E-state index in [4.69, 9.17) is 18.5 Å². The fourth-order valence-corrected chi connectivity index (χ4v) is 9.18. The number of esters is 2. The van der Waals surface area contributed by atoms with E-state index in [0.717, 1.165) is 70.6 Å². The number of quaternary nitrogens is 1. The molecule has 10 heteroatoms. The van der Waals surface area contributed by atoms with Crippen molar-refractivity contribution in [1.82, 2.24) is 0 Å². The van der Waals surface area contributed by atoms with Gasteiger partial charge >= 0.3 is 11.9 Å². The maximum absolute atomic E-state index is 12.8. The summed E-state index contributed by atoms with van der Waals surface area (Å²) in [5.74, 6) is -0.822. The molecule has 0 aliphatic heterocycles. The maximum atomic E-state index is 12.8. The predicted molar refractivity (Wildman–Crippen MR) is 305 cm³/mol. The molecule has 2 atom stereocenters. The average Bonchev–Trinajstić information content (AvgIpc) is 3.34. The van der Waals surface area contributed by atoms with E-state index in [-0.39, 0.29) is 32.0 Å². The summed E-state index contributed by atoms with van der Waals surface area (Å²) >= 11 is 0. The van der Waals surface area contributed by atoms with Crippen molar-refractivity contribution in [2.45, 2.75) is 277 Å². The first kappa shape index (κ1) is 69.7. The molecule has 9 nitrogen and oxygen atoms in total. The second kappa shape index (κ2) is 53.5. The summed E-state index contributed by atoms with van der Waals surface area (Å²) < 4.78 is 34.1. The number of hydrogen-bond donors (Lipinski definition) is 0. The highest BCUT2D eigenvalue weighted by Gasteiger charge is 2.22. The van der Waals surface area contributed by atoms with E-state index in [1.165, 1.54) is 167 Å². The molecule has 0 amide bonds. The van der Waals surface area contributed by atoms with Gasteiger partial charge < -0.3 is 27.9 Å². The predicted octanol–water partition coefficient (Wildman–Crippen LogP) is 18.1. The van der Waals surface area contributed by atoms with E-state index in [0.29, 0.717) is 17.4 Å². The molecule has 420 valence electrons. The van der Waals surface area contributed by atoms with Crippen molar-refractivity contribution >= 4 is 19.8 Å². The Balaban J connectivity index is 3.97. The lowest BCUT2D eigenvalue weighted by Crippen LogP contribution is -2.37. The van der Waals surface area contributed by atoms with Gasteiger partial charge in [0.15, 0.2) is 6.10 Å². The van der Waals surface area contributed by atoms with Crippen molar-refractivity contribution in [1.29, 1.82) is 0 Å². The van der Waals surface area contributed by atoms with E-state index in [2.05, 4.69) is 74.6 Å². The van der Waals surface area contributed by atoms with Crippen LogP contribution in [0.4, 0.5) is 0 Å². The van der Waals surface area contributed by atoms with Crippen molar-refractivity contribution in [2.75, 3.05) is 47.5 Å². The molecule has 0 heterocycles. The third-order valence-corrected chi connectivity index (χ3v) is 14.0. The van der Waals surface area contributed by atoms with Crippen LogP contribution < -0.4 is 4.89 Å². The van der Waals surface area contributed by atoms with Crippen molar-refractivity contribution in [2.24, 2.45) is 0 Å². The third kappa shape index (κ3) is 57.0. The van der Waals surface area contributed by atoms with Crippen molar-refractivity contribution in [3.8, 4) is 0 Å². The van der Waals surface area contributed by atoms with Gasteiger partial charge in [-0.1, -0.05) is 261 Å². The largest absolute Gasteiger partial charge is 0.756 e. The van der Waals surface area contributed by atoms with E-state index in [1.807, 2.05) is 21.1 Å². The minimum absolute atomic E-state index is 0.0291. The van der Waals surface area contributed by atoms with E-state index in [1.54, 1.807) is 0 Å². The van der Waals surface area contributed by atoms with Gasteiger partial charge in [0.05, 0.1) is 27.7 Å². The van der Waals surface area contributed by atoms with Crippen LogP contribution in [0.1, 0.15) is 271 Å². The second-order valence-corrected chi connectivity index (χ2v) is 22.8. The standard InChI is InChI=1S/C62H114NO8P/c1-6-8-10-12-14-16-18-20-21-22-23-24-25-26-27-28-29-30-31-32-33-34-35-36-37-38-39-40-41-43-45-47-49-51-53-55-62(65)71-60(59-70-72(66,67)69-57-56-63(3,4)5)58-68-61(64)54-52-50-48-46-44-42-19-17-15-13-11-9-7-2/h8,10,14,16,20-21,23-24,26-27,60H,6-7,9,11-13,15,17-19,22,25,28-59H2,1-5H3/b10-8-,16-14-,21-20-,24-23-,27-26-. The molecule has 0 aromatic carbocycles. The topological polar surface area (TPSA) is 111 Å². The molecule has 0 radical (unpaired) electrons. The number of carbonyl (C=O) groups excluding carboxylic acids is 2. The molecule has 0 aromatic heterocycles. The first-order valence-corrected chi connectivity index (χ1v) is 31.5. The SMILES string of the molecule is CC/C=C\C/C=C\C/C=C\C/C=C\C/C=C\CCCCCCCCCCCCCCCCCCCCCC(=O)OC(COC(=O)CCCCCCCCCCCCCCC)COP(=O)([O-])OCC[N+](C)(C)C. The Morgan fingerprint density at radius 1 is 0.444 bits per heavy atom. The number of ether oxygens (including phenoxy) is 2. The number of rotatable bonds is 55. The van der Waals surface area contributed by atoms with Crippen LogP contribution in [0, 0.1) is 0 Å². The minimum atomic E-state index is -4.63. The molecule has 0 saturated carbocycles. The molecule has 0 fully saturated rings. The average molecular weight is 1030 g/mol. The lowest BCUT2D eigenvalue weighted by Gasteiger charge is -2.28. The fourth-order valence-electron chi connectivity index (χ4n) is 8.45. The van der Waals surface area contributed by atoms with Crippen LogP contribution in [0.2, 0.25) is 0 Å². The zero-order valence-electron chi connectivity index (χ0n) is 47.6. The maximum Gasteiger partial charge on any atom is 0.306 e. The highest BCUT2D eigenvalue weighted by atomic mass is 31.2. The van der Waals surface area contributed by atoms with Gasteiger partial charge in [0.1, 0.15) is 19.8 Å². The van der Waals surface area contributed by atoms with Crippen molar-refractivity contribution < 1.29 is 42.1 Å². The number of likely N-dealkylation sites (N-methyl/N-ethyl adjacent to an activating group) is 1. The lowest BCUT2D eigenvalue weighted by molar-refractivity contribution is -0.870. The molecular formula is C62H114NO8P. The summed E-state index contributed by atoms with van der Waals surface area (Å²) in [7, 11) is 1.18. The molecule has 0 rings (SSSR count). The molecule has 0 saturated heterocycles. The lowest BCUT2D eigenvalue weighted by atomic mass is 10.0. The Bertz CT molecular complexity index is 1400. The summed E-state index contributed by atoms with van der Waals surface area (Å²) in [6.45, 7) is 4.15. The third-order valence-electron chi connectivity index (χ3n) is 13.1. The normalized spacial score (nSPS) is 13.7. The number of allylic oxidation sites excluding steroid dienone is 10. The Kier molecular flexibility index (Phi) is 51.8. The molecule has 0 spiro atoms. The number of unbranched alkanes of at least 4 members (excludes halogenated alkanes) is 31. The minimum Gasteiger partial charge on any atom is -0.756 e. The molecule has 72 heavy (non-hydrogen) atoms. The molecule has 0 N–H and O–H groups in total. The van der Waals surface area contributed by atoms with Crippen LogP contribution in [0.15, 0.2) is 60.8 Å². The monoisotopic (exact) mass is 1030 g/mol. The highest BCUT2D eigenvalue weighted by Crippen LogP contribution is 2.38. The molecule has 0 aliphatic carbocycles. The zero-order chi connectivity index (χ0) is 52.7. The number of nitrogens with zero attached hydrogens (tertiary/aromatic N) is 1. The van der Waals surface area contributed by atoms with Crippen LogP contribution in [-0.4, -0.2) is 70.0 Å². The van der Waals surface area contributed by atoms with Gasteiger partial charge in [-0.25, -0.2) is 0 Å². The molecular weight excluding hydrogens is 918 g/mol. The molecule has 2 unspecified atom stereocenters. The Morgan fingerprint density at radius 2 is 0.792 bits per heavy atom. The summed E-state index contributed by atoms with van der Waals surface area (Å²) in [4.78, 5) is 37.8. The number of phosphoric ester groups is 1. The van der Waals surface area contributed by atoms with Crippen LogP contribution >= 0.6 is 7.82 Å². The molecule has 0 aliphatic rings. The van der Waals surface area contributed by atoms with Gasteiger partial charge in [-0.05, 0) is 57.8 Å². The van der Waals surface area contributed by atoms with Crippen LogP contribution in [0.5, 0.6) is 0 Å². The molecule has 0 bridgehead atoms. The molecule has 0 aromatic rings. The Morgan fingerprint density at radius 3 is 1.18 bits per heavy atom. The Labute approximate surface area is 445 Å². The Hall–Kier alpha value is -2.29. The van der Waals surface area contributed by atoms with Gasteiger partial charge in [0.25, 0.3) is 7.82 Å². The van der Waals surface area contributed by atoms with Gasteiger partial charge in [-0.3, -0.25) is 14.2 Å². The quantitative estimate of drug-likeness (QED) is 0.0195. The van der Waals surface area contributed by atoms with Gasteiger partial charge in [-0.15, -0.1) is 0 Å².